The fraction of sp³-hybridized carbons (Fsp3) is 0.0667. The Bertz CT molecular complexity index is 915. The molecule has 0 bridgehead atoms. The lowest BCUT2D eigenvalue weighted by atomic mass is 10.0. The second-order valence-corrected chi connectivity index (χ2v) is 5.69. The average Bonchev–Trinajstić information content (AvgIpc) is 2.82. The van der Waals surface area contributed by atoms with E-state index in [9.17, 15) is 14.4 Å². The summed E-state index contributed by atoms with van der Waals surface area (Å²) in [6.45, 7) is 0. The zero-order valence-corrected chi connectivity index (χ0v) is 12.0. The topological polar surface area (TPSA) is 110 Å². The largest absolute Gasteiger partial charge is 0.480 e. The van der Waals surface area contributed by atoms with Crippen LogP contribution in [-0.2, 0) is 9.59 Å². The minimum absolute atomic E-state index is 0.163. The Morgan fingerprint density at radius 1 is 1.23 bits per heavy atom. The molecule has 0 aliphatic carbocycles. The summed E-state index contributed by atoms with van der Waals surface area (Å²) in [4.78, 5) is 39.1. The minimum Gasteiger partial charge on any atom is -0.480 e. The summed E-state index contributed by atoms with van der Waals surface area (Å²) in [6.07, 6.45) is 1.25. The van der Waals surface area contributed by atoms with Gasteiger partial charge in [0.05, 0.1) is 5.69 Å². The number of amides is 1. The van der Waals surface area contributed by atoms with Crippen LogP contribution in [0.2, 0.25) is 0 Å². The Morgan fingerprint density at radius 2 is 1.91 bits per heavy atom. The van der Waals surface area contributed by atoms with Crippen LogP contribution in [0, 0.1) is 5.92 Å². The van der Waals surface area contributed by atoms with Crippen molar-refractivity contribution in [3.8, 4) is 0 Å². The van der Waals surface area contributed by atoms with Gasteiger partial charge < -0.3 is 10.8 Å². The summed E-state index contributed by atoms with van der Waals surface area (Å²) in [7, 11) is 0. The third-order valence-corrected chi connectivity index (χ3v) is 4.40. The first kappa shape index (κ1) is 14.2. The summed E-state index contributed by atoms with van der Waals surface area (Å²) >= 11 is 0.996. The van der Waals surface area contributed by atoms with E-state index in [0.29, 0.717) is 10.8 Å². The summed E-state index contributed by atoms with van der Waals surface area (Å²) in [5, 5.41) is 9.35. The maximum atomic E-state index is 12.5. The van der Waals surface area contributed by atoms with Crippen molar-refractivity contribution in [3.05, 3.63) is 50.7 Å². The second-order valence-electron chi connectivity index (χ2n) is 4.69. The van der Waals surface area contributed by atoms with Crippen molar-refractivity contribution < 1.29 is 19.5 Å². The van der Waals surface area contributed by atoms with E-state index in [0.717, 1.165) is 11.3 Å². The van der Waals surface area contributed by atoms with Gasteiger partial charge in [0.25, 0.3) is 5.91 Å². The zero-order chi connectivity index (χ0) is 15.9. The number of anilines is 1. The van der Waals surface area contributed by atoms with E-state index in [4.69, 9.17) is 10.8 Å². The number of benzene rings is 1. The van der Waals surface area contributed by atoms with Gasteiger partial charge in [0.2, 0.25) is 5.78 Å². The maximum Gasteiger partial charge on any atom is 0.320 e. The number of nitrogens with zero attached hydrogens (tertiary/aromatic N) is 1. The van der Waals surface area contributed by atoms with Crippen molar-refractivity contribution in [2.45, 2.75) is 0 Å². The van der Waals surface area contributed by atoms with Crippen molar-refractivity contribution in [1.82, 2.24) is 0 Å². The first-order valence-electron chi connectivity index (χ1n) is 6.34. The quantitative estimate of drug-likeness (QED) is 0.621. The van der Waals surface area contributed by atoms with Crippen molar-refractivity contribution in [3.63, 3.8) is 0 Å². The van der Waals surface area contributed by atoms with E-state index in [2.05, 4.69) is 4.99 Å². The maximum absolute atomic E-state index is 12.5. The van der Waals surface area contributed by atoms with Crippen LogP contribution < -0.4 is 15.6 Å². The highest BCUT2D eigenvalue weighted by Gasteiger charge is 2.28. The lowest BCUT2D eigenvalue weighted by molar-refractivity contribution is -0.143. The number of carboxylic acid groups (broad SMARTS) is 1. The Morgan fingerprint density at radius 3 is 2.55 bits per heavy atom. The zero-order valence-electron chi connectivity index (χ0n) is 11.1. The molecule has 2 heterocycles. The van der Waals surface area contributed by atoms with Gasteiger partial charge in [-0.1, -0.05) is 30.3 Å². The molecule has 1 aromatic heterocycles. The molecule has 0 saturated heterocycles. The highest BCUT2D eigenvalue weighted by Crippen LogP contribution is 2.18. The molecule has 1 atom stereocenters. The van der Waals surface area contributed by atoms with E-state index in [1.807, 2.05) is 0 Å². The van der Waals surface area contributed by atoms with Gasteiger partial charge in [-0.25, -0.2) is 4.99 Å². The Hall–Kier alpha value is -2.80. The average molecular weight is 314 g/mol. The highest BCUT2D eigenvalue weighted by atomic mass is 32.1. The molecular weight excluding hydrogens is 304 g/mol. The number of aliphatic carboxylic acids is 1. The van der Waals surface area contributed by atoms with Gasteiger partial charge in [-0.3, -0.25) is 14.4 Å². The smallest absolute Gasteiger partial charge is 0.320 e. The summed E-state index contributed by atoms with van der Waals surface area (Å²) in [5.41, 5.74) is 6.59. The molecule has 0 saturated carbocycles. The highest BCUT2D eigenvalue weighted by molar-refractivity contribution is 7.12. The van der Waals surface area contributed by atoms with Crippen LogP contribution in [0.15, 0.2) is 35.3 Å². The van der Waals surface area contributed by atoms with Gasteiger partial charge in [0.1, 0.15) is 9.55 Å². The molecule has 22 heavy (non-hydrogen) atoms. The minimum atomic E-state index is -1.36. The third kappa shape index (κ3) is 2.21. The predicted molar refractivity (Wildman–Crippen MR) is 80.0 cm³/mol. The fourth-order valence-corrected chi connectivity index (χ4v) is 3.21. The molecule has 7 heteroatoms. The molecule has 0 radical (unpaired) electrons. The van der Waals surface area contributed by atoms with Crippen LogP contribution in [0.5, 0.6) is 0 Å². The molecule has 1 aliphatic rings. The molecule has 1 aromatic carbocycles. The number of carbonyl (C=O) groups is 3. The van der Waals surface area contributed by atoms with Crippen LogP contribution in [0.25, 0.3) is 6.08 Å². The number of hydrogen-bond donors (Lipinski definition) is 2. The Labute approximate surface area is 128 Å². The number of hydrogen-bond acceptors (Lipinski definition) is 5. The SMILES string of the molecule is Nc1c(C(=O)c2ccccc2)sc2c1=CC(C(=O)O)C(=O)N=2. The van der Waals surface area contributed by atoms with Gasteiger partial charge in [0, 0.05) is 10.8 Å². The first-order chi connectivity index (χ1) is 10.5. The molecule has 1 unspecified atom stereocenters. The van der Waals surface area contributed by atoms with E-state index in [1.165, 1.54) is 6.08 Å². The van der Waals surface area contributed by atoms with Crippen LogP contribution >= 0.6 is 11.3 Å². The fourth-order valence-electron chi connectivity index (χ4n) is 2.16. The molecule has 2 aromatic rings. The van der Waals surface area contributed by atoms with Gasteiger partial charge in [0.15, 0.2) is 5.92 Å². The number of carboxylic acids is 1. The van der Waals surface area contributed by atoms with Gasteiger partial charge in [-0.15, -0.1) is 11.3 Å². The summed E-state index contributed by atoms with van der Waals surface area (Å²) < 4.78 is 0.277. The Balaban J connectivity index is 2.16. The lowest BCUT2D eigenvalue weighted by Crippen LogP contribution is -2.34. The molecule has 1 amide bonds. The van der Waals surface area contributed by atoms with E-state index < -0.39 is 17.8 Å². The van der Waals surface area contributed by atoms with E-state index in [1.54, 1.807) is 30.3 Å². The molecule has 6 nitrogen and oxygen atoms in total. The standard InChI is InChI=1S/C15H10N2O4S/c16-10-8-6-9(15(20)21)13(19)17-14(8)22-12(10)11(18)7-4-2-1-3-5-7/h1-6,9H,16H2,(H,20,21). The van der Waals surface area contributed by atoms with Crippen molar-refractivity contribution >= 4 is 40.8 Å². The van der Waals surface area contributed by atoms with Crippen molar-refractivity contribution in [1.29, 1.82) is 0 Å². The number of rotatable bonds is 3. The van der Waals surface area contributed by atoms with Crippen molar-refractivity contribution in [2.24, 2.45) is 10.9 Å². The first-order valence-corrected chi connectivity index (χ1v) is 7.16. The molecular formula is C15H10N2O4S. The molecule has 0 spiro atoms. The van der Waals surface area contributed by atoms with Crippen LogP contribution in [0.1, 0.15) is 15.2 Å². The number of carbonyl (C=O) groups excluding carboxylic acids is 2. The monoisotopic (exact) mass is 314 g/mol. The van der Waals surface area contributed by atoms with Gasteiger partial charge in [-0.05, 0) is 6.08 Å². The number of nitrogen functional groups attached to an aromatic ring is 1. The second kappa shape index (κ2) is 5.19. The van der Waals surface area contributed by atoms with Crippen LogP contribution in [0.3, 0.4) is 0 Å². The molecule has 0 fully saturated rings. The van der Waals surface area contributed by atoms with Crippen LogP contribution in [0.4, 0.5) is 5.69 Å². The van der Waals surface area contributed by atoms with Gasteiger partial charge >= 0.3 is 5.97 Å². The molecule has 3 N–H and O–H groups in total. The number of ketones is 1. The third-order valence-electron chi connectivity index (χ3n) is 3.28. The van der Waals surface area contributed by atoms with E-state index in [-0.39, 0.29) is 21.0 Å². The molecule has 3 rings (SSSR count). The predicted octanol–water partition coefficient (Wildman–Crippen LogP) is 0.202. The summed E-state index contributed by atoms with van der Waals surface area (Å²) in [6, 6.07) is 8.58. The normalized spacial score (nSPS) is 16.4. The van der Waals surface area contributed by atoms with Crippen molar-refractivity contribution in [2.75, 3.05) is 5.73 Å². The van der Waals surface area contributed by atoms with E-state index >= 15 is 0 Å². The van der Waals surface area contributed by atoms with Crippen LogP contribution in [-0.4, -0.2) is 22.8 Å². The lowest BCUT2D eigenvalue weighted by Gasteiger charge is -2.04. The number of thiophene rings is 1. The summed E-state index contributed by atoms with van der Waals surface area (Å²) in [5.74, 6) is -3.69. The number of fused-ring (bicyclic) bond motifs is 1. The van der Waals surface area contributed by atoms with Gasteiger partial charge in [-0.2, -0.15) is 0 Å². The number of nitrogens with two attached hydrogens (primary N) is 1. The Kier molecular flexibility index (Phi) is 3.34. The molecule has 1 aliphatic heterocycles. The molecule has 110 valence electrons.